The molecule has 78 valence electrons. The average molecular weight is 243 g/mol. The molecule has 0 aliphatic rings. The summed E-state index contributed by atoms with van der Waals surface area (Å²) < 4.78 is 2.00. The van der Waals surface area contributed by atoms with Gasteiger partial charge < -0.3 is 0 Å². The highest BCUT2D eigenvalue weighted by Gasteiger charge is 2.07. The third-order valence-electron chi connectivity index (χ3n) is 1.99. The summed E-state index contributed by atoms with van der Waals surface area (Å²) in [5.74, 6) is 0. The van der Waals surface area contributed by atoms with Crippen LogP contribution >= 0.6 is 22.9 Å². The van der Waals surface area contributed by atoms with E-state index < -0.39 is 11.2 Å². The fourth-order valence-electron chi connectivity index (χ4n) is 1.24. The molecular weight excluding hydrogens is 236 g/mol. The minimum absolute atomic E-state index is 0.405. The predicted octanol–water partition coefficient (Wildman–Crippen LogP) is 1.46. The van der Waals surface area contributed by atoms with Crippen molar-refractivity contribution in [2.24, 2.45) is 7.05 Å². The van der Waals surface area contributed by atoms with E-state index in [1.54, 1.807) is 19.2 Å². The van der Waals surface area contributed by atoms with E-state index in [-0.39, 0.29) is 0 Å². The zero-order chi connectivity index (χ0) is 11.0. The first-order valence-corrected chi connectivity index (χ1v) is 5.33. The van der Waals surface area contributed by atoms with Gasteiger partial charge in [-0.05, 0) is 12.1 Å². The average Bonchev–Trinajstić information content (AvgIpc) is 2.58. The highest BCUT2D eigenvalue weighted by atomic mass is 35.5. The van der Waals surface area contributed by atoms with Crippen LogP contribution in [-0.4, -0.2) is 9.55 Å². The Morgan fingerprint density at radius 2 is 2.13 bits per heavy atom. The Kier molecular flexibility index (Phi) is 2.50. The monoisotopic (exact) mass is 242 g/mol. The number of H-pyrrole nitrogens is 1. The molecule has 0 atom stereocenters. The van der Waals surface area contributed by atoms with Gasteiger partial charge in [0, 0.05) is 13.1 Å². The molecule has 0 unspecified atom stereocenters. The second-order valence-electron chi connectivity index (χ2n) is 2.99. The Morgan fingerprint density at radius 1 is 1.40 bits per heavy atom. The third kappa shape index (κ3) is 1.88. The largest absolute Gasteiger partial charge is 0.328 e. The molecule has 0 aliphatic heterocycles. The third-order valence-corrected chi connectivity index (χ3v) is 3.24. The highest BCUT2D eigenvalue weighted by Crippen LogP contribution is 2.29. The van der Waals surface area contributed by atoms with Gasteiger partial charge in [0.05, 0.1) is 14.9 Å². The van der Waals surface area contributed by atoms with Crippen LogP contribution in [0.3, 0.4) is 0 Å². The first-order valence-electron chi connectivity index (χ1n) is 4.14. The van der Waals surface area contributed by atoms with E-state index >= 15 is 0 Å². The zero-order valence-corrected chi connectivity index (χ0v) is 9.35. The Hall–Kier alpha value is -1.33. The fraction of sp³-hybridized carbons (Fsp3) is 0.111. The Labute approximate surface area is 93.8 Å². The Morgan fingerprint density at radius 3 is 2.73 bits per heavy atom. The number of nitrogens with zero attached hydrogens (tertiary/aromatic N) is 1. The molecule has 0 saturated heterocycles. The van der Waals surface area contributed by atoms with Crippen LogP contribution in [0.1, 0.15) is 0 Å². The summed E-state index contributed by atoms with van der Waals surface area (Å²) in [7, 11) is 1.60. The molecule has 4 nitrogen and oxygen atoms in total. The first kappa shape index (κ1) is 10.2. The number of rotatable bonds is 1. The fourth-order valence-corrected chi connectivity index (χ4v) is 2.34. The van der Waals surface area contributed by atoms with Gasteiger partial charge in [0.1, 0.15) is 0 Å². The smallest absolute Gasteiger partial charge is 0.296 e. The van der Waals surface area contributed by atoms with Crippen molar-refractivity contribution in [3.8, 4) is 10.6 Å². The summed E-state index contributed by atoms with van der Waals surface area (Å²) in [4.78, 5) is 25.4. The van der Waals surface area contributed by atoms with Crippen LogP contribution in [0.25, 0.3) is 10.6 Å². The number of hydrogen-bond acceptors (Lipinski definition) is 3. The van der Waals surface area contributed by atoms with Crippen LogP contribution in [0.15, 0.2) is 27.8 Å². The van der Waals surface area contributed by atoms with Gasteiger partial charge in [0.2, 0.25) is 0 Å². The van der Waals surface area contributed by atoms with Gasteiger partial charge in [-0.3, -0.25) is 14.3 Å². The van der Waals surface area contributed by atoms with E-state index in [4.69, 9.17) is 11.6 Å². The van der Waals surface area contributed by atoms with Crippen molar-refractivity contribution in [1.82, 2.24) is 9.55 Å². The molecule has 2 heterocycles. The predicted molar refractivity (Wildman–Crippen MR) is 60.6 cm³/mol. The molecule has 15 heavy (non-hydrogen) atoms. The quantitative estimate of drug-likeness (QED) is 0.823. The molecule has 2 aromatic rings. The number of aromatic amines is 1. The molecule has 0 saturated carbocycles. The molecule has 0 aliphatic carbocycles. The van der Waals surface area contributed by atoms with Crippen LogP contribution in [0.2, 0.25) is 4.34 Å². The maximum atomic E-state index is 11.3. The van der Waals surface area contributed by atoms with Crippen LogP contribution in [0.4, 0.5) is 0 Å². The van der Waals surface area contributed by atoms with Crippen LogP contribution in [0.5, 0.6) is 0 Å². The molecule has 6 heteroatoms. The minimum atomic E-state index is -0.429. The van der Waals surface area contributed by atoms with Crippen LogP contribution in [-0.2, 0) is 7.05 Å². The summed E-state index contributed by atoms with van der Waals surface area (Å²) >= 11 is 7.11. The van der Waals surface area contributed by atoms with Gasteiger partial charge in [0.25, 0.3) is 5.56 Å². The van der Waals surface area contributed by atoms with Crippen molar-refractivity contribution in [3.63, 3.8) is 0 Å². The SMILES string of the molecule is Cn1c(-c2ccc(Cl)s2)cc(=O)[nH]c1=O. The number of halogens is 1. The zero-order valence-electron chi connectivity index (χ0n) is 7.78. The molecule has 0 fully saturated rings. The van der Waals surface area contributed by atoms with E-state index in [2.05, 4.69) is 4.98 Å². The first-order chi connectivity index (χ1) is 7.08. The molecule has 0 bridgehead atoms. The van der Waals surface area contributed by atoms with Gasteiger partial charge in [0.15, 0.2) is 0 Å². The van der Waals surface area contributed by atoms with Crippen molar-refractivity contribution in [1.29, 1.82) is 0 Å². The Balaban J connectivity index is 2.73. The number of aromatic nitrogens is 2. The Bertz CT molecular complexity index is 611. The van der Waals surface area contributed by atoms with E-state index in [1.165, 1.54) is 22.0 Å². The summed E-state index contributed by atoms with van der Waals surface area (Å²) in [6.07, 6.45) is 0. The summed E-state index contributed by atoms with van der Waals surface area (Å²) in [6.45, 7) is 0. The van der Waals surface area contributed by atoms with E-state index in [0.29, 0.717) is 10.0 Å². The molecule has 0 aromatic carbocycles. The summed E-state index contributed by atoms with van der Waals surface area (Å²) in [6, 6.07) is 4.89. The molecule has 0 spiro atoms. The molecule has 2 rings (SSSR count). The maximum absolute atomic E-state index is 11.3. The molecule has 2 aromatic heterocycles. The maximum Gasteiger partial charge on any atom is 0.328 e. The van der Waals surface area contributed by atoms with Crippen LogP contribution in [0, 0.1) is 0 Å². The van der Waals surface area contributed by atoms with Crippen molar-refractivity contribution in [2.45, 2.75) is 0 Å². The number of nitrogens with one attached hydrogen (secondary N) is 1. The highest BCUT2D eigenvalue weighted by molar-refractivity contribution is 7.19. The molecule has 1 N–H and O–H groups in total. The lowest BCUT2D eigenvalue weighted by Gasteiger charge is -2.03. The van der Waals surface area contributed by atoms with Crippen molar-refractivity contribution >= 4 is 22.9 Å². The molecule has 0 amide bonds. The lowest BCUT2D eigenvalue weighted by molar-refractivity contribution is 0.811. The second kappa shape index (κ2) is 3.67. The van der Waals surface area contributed by atoms with Crippen molar-refractivity contribution < 1.29 is 0 Å². The van der Waals surface area contributed by atoms with Crippen LogP contribution < -0.4 is 11.2 Å². The van der Waals surface area contributed by atoms with Crippen molar-refractivity contribution in [2.75, 3.05) is 0 Å². The van der Waals surface area contributed by atoms with E-state index in [9.17, 15) is 9.59 Å². The van der Waals surface area contributed by atoms with Crippen molar-refractivity contribution in [3.05, 3.63) is 43.4 Å². The van der Waals surface area contributed by atoms with E-state index in [0.717, 1.165) is 4.88 Å². The normalized spacial score (nSPS) is 10.5. The second-order valence-corrected chi connectivity index (χ2v) is 4.70. The number of thiophene rings is 1. The van der Waals surface area contributed by atoms with Gasteiger partial charge in [-0.25, -0.2) is 4.79 Å². The van der Waals surface area contributed by atoms with E-state index in [1.807, 2.05) is 0 Å². The van der Waals surface area contributed by atoms with Gasteiger partial charge in [-0.15, -0.1) is 11.3 Å². The van der Waals surface area contributed by atoms with Gasteiger partial charge in [-0.1, -0.05) is 11.6 Å². The lowest BCUT2D eigenvalue weighted by atomic mass is 10.3. The number of hydrogen-bond donors (Lipinski definition) is 1. The standard InChI is InChI=1S/C9H7ClN2O2S/c1-12-5(4-8(13)11-9(12)14)6-2-3-7(10)15-6/h2-4H,1H3,(H,11,13,14). The minimum Gasteiger partial charge on any atom is -0.296 e. The topological polar surface area (TPSA) is 54.9 Å². The molecule has 0 radical (unpaired) electrons. The summed E-state index contributed by atoms with van der Waals surface area (Å²) in [5.41, 5.74) is -0.264. The lowest BCUT2D eigenvalue weighted by Crippen LogP contribution is -2.28. The van der Waals surface area contributed by atoms with Gasteiger partial charge >= 0.3 is 5.69 Å². The molecular formula is C9H7ClN2O2S. The summed E-state index contributed by atoms with van der Waals surface area (Å²) in [5, 5.41) is 0. The van der Waals surface area contributed by atoms with Gasteiger partial charge in [-0.2, -0.15) is 0 Å².